The van der Waals surface area contributed by atoms with Crippen LogP contribution in [0, 0.1) is 0 Å². The van der Waals surface area contributed by atoms with Gasteiger partial charge in [-0.3, -0.25) is 0 Å². The molecule has 1 aliphatic carbocycles. The summed E-state index contributed by atoms with van der Waals surface area (Å²) in [6.07, 6.45) is -0.107. The van der Waals surface area contributed by atoms with E-state index in [4.69, 9.17) is 9.47 Å². The second kappa shape index (κ2) is 6.80. The van der Waals surface area contributed by atoms with E-state index < -0.39 is 18.2 Å². The molecule has 126 valence electrons. The monoisotopic (exact) mass is 328 g/mol. The molecule has 0 fully saturated rings. The van der Waals surface area contributed by atoms with E-state index in [0.717, 1.165) is 11.1 Å². The van der Waals surface area contributed by atoms with Crippen molar-refractivity contribution in [1.82, 2.24) is 5.32 Å². The number of urea groups is 1. The average molecular weight is 328 g/mol. The number of carbonyl (C=O) groups excluding carboxylic acids is 1. The smallest absolute Gasteiger partial charge is 0.319 e. The van der Waals surface area contributed by atoms with Crippen LogP contribution in [0.4, 0.5) is 10.5 Å². The van der Waals surface area contributed by atoms with Gasteiger partial charge >= 0.3 is 6.03 Å². The van der Waals surface area contributed by atoms with Crippen molar-refractivity contribution in [3.05, 3.63) is 53.6 Å². The highest BCUT2D eigenvalue weighted by atomic mass is 16.5. The Morgan fingerprint density at radius 1 is 1.17 bits per heavy atom. The molecule has 0 bridgehead atoms. The molecule has 2 atom stereocenters. The third-order valence-electron chi connectivity index (χ3n) is 4.15. The first-order valence-electron chi connectivity index (χ1n) is 7.67. The standard InChI is InChI=1S/C18H20N2O4/c1-23-12-7-8-16(24-2)14(10-12)19-18(22)20-17-13-6-4-3-5-11(13)9-15(17)21/h3-8,10,15,17,21H,9H2,1-2H3,(H2,19,20,22)/t15-,17+/m0/s1. The number of fused-ring (bicyclic) bond motifs is 1. The molecule has 6 heteroatoms. The average Bonchev–Trinajstić information content (AvgIpc) is 2.90. The van der Waals surface area contributed by atoms with Crippen LogP contribution in [0.25, 0.3) is 0 Å². The van der Waals surface area contributed by atoms with Crippen molar-refractivity contribution < 1.29 is 19.4 Å². The van der Waals surface area contributed by atoms with Gasteiger partial charge in [0.2, 0.25) is 0 Å². The van der Waals surface area contributed by atoms with Crippen molar-refractivity contribution >= 4 is 11.7 Å². The molecule has 3 N–H and O–H groups in total. The maximum atomic E-state index is 12.4. The zero-order valence-corrected chi connectivity index (χ0v) is 13.6. The van der Waals surface area contributed by atoms with Gasteiger partial charge in [0.25, 0.3) is 0 Å². The summed E-state index contributed by atoms with van der Waals surface area (Å²) < 4.78 is 10.4. The van der Waals surface area contributed by atoms with Crippen LogP contribution < -0.4 is 20.1 Å². The molecule has 2 amide bonds. The van der Waals surface area contributed by atoms with Gasteiger partial charge in [-0.1, -0.05) is 24.3 Å². The number of ether oxygens (including phenoxy) is 2. The first-order valence-corrected chi connectivity index (χ1v) is 7.67. The molecule has 24 heavy (non-hydrogen) atoms. The molecule has 6 nitrogen and oxygen atoms in total. The summed E-state index contributed by atoms with van der Waals surface area (Å²) in [6.45, 7) is 0. The maximum absolute atomic E-state index is 12.4. The van der Waals surface area contributed by atoms with Gasteiger partial charge in [0.15, 0.2) is 0 Å². The van der Waals surface area contributed by atoms with Gasteiger partial charge in [0, 0.05) is 12.5 Å². The van der Waals surface area contributed by atoms with E-state index in [0.29, 0.717) is 23.6 Å². The number of aliphatic hydroxyl groups excluding tert-OH is 1. The fraction of sp³-hybridized carbons (Fsp3) is 0.278. The van der Waals surface area contributed by atoms with Crippen LogP contribution >= 0.6 is 0 Å². The number of aliphatic hydroxyl groups is 1. The number of benzene rings is 2. The molecule has 0 aromatic heterocycles. The largest absolute Gasteiger partial charge is 0.497 e. The lowest BCUT2D eigenvalue weighted by atomic mass is 10.1. The highest BCUT2D eigenvalue weighted by Crippen LogP contribution is 2.32. The van der Waals surface area contributed by atoms with E-state index in [1.54, 1.807) is 25.3 Å². The fourth-order valence-corrected chi connectivity index (χ4v) is 2.96. The van der Waals surface area contributed by atoms with Crippen LogP contribution in [0.1, 0.15) is 17.2 Å². The lowest BCUT2D eigenvalue weighted by Gasteiger charge is -2.19. The van der Waals surface area contributed by atoms with Crippen LogP contribution in [0.2, 0.25) is 0 Å². The van der Waals surface area contributed by atoms with Crippen LogP contribution in [0.15, 0.2) is 42.5 Å². The first-order chi connectivity index (χ1) is 11.6. The summed E-state index contributed by atoms with van der Waals surface area (Å²) in [5, 5.41) is 15.8. The van der Waals surface area contributed by atoms with Crippen molar-refractivity contribution in [2.45, 2.75) is 18.6 Å². The van der Waals surface area contributed by atoms with E-state index in [1.807, 2.05) is 24.3 Å². The molecule has 0 aliphatic heterocycles. The van der Waals surface area contributed by atoms with Gasteiger partial charge in [-0.15, -0.1) is 0 Å². The molecule has 0 heterocycles. The summed E-state index contributed by atoms with van der Waals surface area (Å²) in [6, 6.07) is 12.0. The fourth-order valence-electron chi connectivity index (χ4n) is 2.96. The molecule has 2 aromatic carbocycles. The summed E-state index contributed by atoms with van der Waals surface area (Å²) >= 11 is 0. The SMILES string of the molecule is COc1ccc(OC)c(NC(=O)N[C@@H]2c3ccccc3C[C@@H]2O)c1. The van der Waals surface area contributed by atoms with Crippen LogP contribution in [-0.4, -0.2) is 31.5 Å². The van der Waals surface area contributed by atoms with E-state index >= 15 is 0 Å². The predicted octanol–water partition coefficient (Wildman–Crippen LogP) is 2.48. The maximum Gasteiger partial charge on any atom is 0.319 e. The Labute approximate surface area is 140 Å². The van der Waals surface area contributed by atoms with Crippen molar-refractivity contribution in [1.29, 1.82) is 0 Å². The number of anilines is 1. The van der Waals surface area contributed by atoms with Crippen LogP contribution in [-0.2, 0) is 6.42 Å². The van der Waals surface area contributed by atoms with Crippen molar-refractivity contribution in [3.63, 3.8) is 0 Å². The lowest BCUT2D eigenvalue weighted by Crippen LogP contribution is -2.36. The first kappa shape index (κ1) is 16.1. The van der Waals surface area contributed by atoms with E-state index in [9.17, 15) is 9.90 Å². The Hall–Kier alpha value is -2.73. The quantitative estimate of drug-likeness (QED) is 0.805. The molecule has 0 saturated heterocycles. The molecule has 1 aliphatic rings. The van der Waals surface area contributed by atoms with Crippen LogP contribution in [0.5, 0.6) is 11.5 Å². The zero-order valence-electron chi connectivity index (χ0n) is 13.6. The van der Waals surface area contributed by atoms with Gasteiger partial charge in [-0.25, -0.2) is 4.79 Å². The second-order valence-electron chi connectivity index (χ2n) is 5.61. The Kier molecular flexibility index (Phi) is 4.57. The highest BCUT2D eigenvalue weighted by molar-refractivity contribution is 5.91. The number of nitrogens with one attached hydrogen (secondary N) is 2. The molecule has 0 unspecified atom stereocenters. The number of methoxy groups -OCH3 is 2. The molecule has 0 radical (unpaired) electrons. The molecular formula is C18H20N2O4. The Bertz CT molecular complexity index is 748. The van der Waals surface area contributed by atoms with Crippen LogP contribution in [0.3, 0.4) is 0 Å². The van der Waals surface area contributed by atoms with Crippen molar-refractivity contribution in [3.8, 4) is 11.5 Å². The van der Waals surface area contributed by atoms with E-state index in [1.165, 1.54) is 7.11 Å². The number of rotatable bonds is 4. The minimum absolute atomic E-state index is 0.415. The van der Waals surface area contributed by atoms with E-state index in [2.05, 4.69) is 10.6 Å². The number of hydrogen-bond donors (Lipinski definition) is 3. The van der Waals surface area contributed by atoms with Gasteiger partial charge in [-0.2, -0.15) is 0 Å². The minimum Gasteiger partial charge on any atom is -0.497 e. The topological polar surface area (TPSA) is 79.8 Å². The third kappa shape index (κ3) is 3.14. The molecule has 3 rings (SSSR count). The summed E-state index contributed by atoms with van der Waals surface area (Å²) in [5.74, 6) is 1.13. The Morgan fingerprint density at radius 3 is 2.71 bits per heavy atom. The third-order valence-corrected chi connectivity index (χ3v) is 4.15. The second-order valence-corrected chi connectivity index (χ2v) is 5.61. The van der Waals surface area contributed by atoms with Gasteiger partial charge < -0.3 is 25.2 Å². The summed E-state index contributed by atoms with van der Waals surface area (Å²) in [5.41, 5.74) is 2.49. The molecular weight excluding hydrogens is 308 g/mol. The predicted molar refractivity (Wildman–Crippen MR) is 90.6 cm³/mol. The van der Waals surface area contributed by atoms with Gasteiger partial charge in [0.1, 0.15) is 11.5 Å². The molecule has 2 aromatic rings. The Balaban J connectivity index is 1.75. The van der Waals surface area contributed by atoms with Crippen molar-refractivity contribution in [2.75, 3.05) is 19.5 Å². The normalized spacial score (nSPS) is 18.6. The number of carbonyl (C=O) groups is 1. The highest BCUT2D eigenvalue weighted by Gasteiger charge is 2.31. The molecule has 0 spiro atoms. The number of hydrogen-bond acceptors (Lipinski definition) is 4. The van der Waals surface area contributed by atoms with Crippen molar-refractivity contribution in [2.24, 2.45) is 0 Å². The summed E-state index contributed by atoms with van der Waals surface area (Å²) in [7, 11) is 3.08. The van der Waals surface area contributed by atoms with Gasteiger partial charge in [-0.05, 0) is 23.3 Å². The van der Waals surface area contributed by atoms with E-state index in [-0.39, 0.29) is 0 Å². The summed E-state index contributed by atoms with van der Waals surface area (Å²) in [4.78, 5) is 12.4. The molecule has 0 saturated carbocycles. The minimum atomic E-state index is -0.639. The number of amides is 2. The van der Waals surface area contributed by atoms with Gasteiger partial charge in [0.05, 0.1) is 32.1 Å². The lowest BCUT2D eigenvalue weighted by molar-refractivity contribution is 0.144. The zero-order chi connectivity index (χ0) is 17.1. The Morgan fingerprint density at radius 2 is 1.96 bits per heavy atom.